The molecule has 0 fully saturated rings. The average molecular weight is 154 g/mol. The van der Waals surface area contributed by atoms with Crippen LogP contribution in [0.2, 0.25) is 0 Å². The van der Waals surface area contributed by atoms with Gasteiger partial charge in [-0.25, -0.2) is 0 Å². The standard InChI is InChI=1S/C6H8N3O2/c10-6(11)2-1-5-9-7-3-4-8-9/h3H,1-2,5H2,(H,10,11). The van der Waals surface area contributed by atoms with Crippen molar-refractivity contribution in [2.24, 2.45) is 0 Å². The molecule has 0 aliphatic heterocycles. The van der Waals surface area contributed by atoms with Crippen LogP contribution in [0.5, 0.6) is 0 Å². The number of aromatic nitrogens is 3. The monoisotopic (exact) mass is 154 g/mol. The first-order valence-corrected chi connectivity index (χ1v) is 3.27. The van der Waals surface area contributed by atoms with Crippen molar-refractivity contribution in [2.45, 2.75) is 19.4 Å². The molecule has 0 saturated carbocycles. The maximum atomic E-state index is 10.1. The Morgan fingerprint density at radius 3 is 3.09 bits per heavy atom. The van der Waals surface area contributed by atoms with E-state index >= 15 is 0 Å². The topological polar surface area (TPSA) is 68.0 Å². The number of aliphatic carboxylic acids is 1. The highest BCUT2D eigenvalue weighted by atomic mass is 16.4. The molecule has 0 atom stereocenters. The van der Waals surface area contributed by atoms with E-state index in [1.807, 2.05) is 0 Å². The van der Waals surface area contributed by atoms with Crippen LogP contribution in [0.4, 0.5) is 0 Å². The molecule has 0 amide bonds. The minimum absolute atomic E-state index is 0.154. The molecule has 0 aromatic carbocycles. The molecule has 11 heavy (non-hydrogen) atoms. The normalized spacial score (nSPS) is 9.82. The van der Waals surface area contributed by atoms with Gasteiger partial charge in [0.1, 0.15) is 6.20 Å². The first-order chi connectivity index (χ1) is 5.29. The van der Waals surface area contributed by atoms with Gasteiger partial charge in [-0.1, -0.05) is 0 Å². The highest BCUT2D eigenvalue weighted by Gasteiger charge is 1.97. The Kier molecular flexibility index (Phi) is 2.59. The van der Waals surface area contributed by atoms with E-state index in [0.717, 1.165) is 0 Å². The molecule has 0 unspecified atom stereocenters. The second-order valence-electron chi connectivity index (χ2n) is 2.07. The minimum atomic E-state index is -0.791. The van der Waals surface area contributed by atoms with E-state index in [1.165, 1.54) is 11.0 Å². The van der Waals surface area contributed by atoms with Crippen LogP contribution in [0, 0.1) is 6.20 Å². The van der Waals surface area contributed by atoms with Crippen LogP contribution < -0.4 is 0 Å². The number of nitrogens with zero attached hydrogens (tertiary/aromatic N) is 3. The third-order valence-corrected chi connectivity index (χ3v) is 1.17. The predicted molar refractivity (Wildman–Crippen MR) is 35.7 cm³/mol. The van der Waals surface area contributed by atoms with Crippen molar-refractivity contribution in [3.63, 3.8) is 0 Å². The van der Waals surface area contributed by atoms with Crippen molar-refractivity contribution in [3.8, 4) is 0 Å². The van der Waals surface area contributed by atoms with Crippen molar-refractivity contribution >= 4 is 5.97 Å². The molecule has 0 bridgehead atoms. The molecule has 1 radical (unpaired) electrons. The maximum absolute atomic E-state index is 10.1. The third kappa shape index (κ3) is 2.79. The molecule has 1 aromatic rings. The van der Waals surface area contributed by atoms with Crippen LogP contribution in [0.3, 0.4) is 0 Å². The molecule has 0 aliphatic rings. The highest BCUT2D eigenvalue weighted by molar-refractivity contribution is 5.66. The molecule has 1 aromatic heterocycles. The second kappa shape index (κ2) is 3.70. The molecule has 1 heterocycles. The fourth-order valence-corrected chi connectivity index (χ4v) is 0.690. The molecule has 1 rings (SSSR count). The van der Waals surface area contributed by atoms with Gasteiger partial charge < -0.3 is 5.11 Å². The SMILES string of the molecule is O=C(O)CCCn1n[c]cn1. The summed E-state index contributed by atoms with van der Waals surface area (Å²) < 4.78 is 0. The zero-order valence-corrected chi connectivity index (χ0v) is 5.90. The van der Waals surface area contributed by atoms with Crippen molar-refractivity contribution in [3.05, 3.63) is 12.4 Å². The largest absolute Gasteiger partial charge is 0.481 e. The average Bonchev–Trinajstić information content (AvgIpc) is 2.39. The number of carboxylic acid groups (broad SMARTS) is 1. The molecule has 0 spiro atoms. The predicted octanol–water partition coefficient (Wildman–Crippen LogP) is -0.0569. The lowest BCUT2D eigenvalue weighted by molar-refractivity contribution is -0.137. The van der Waals surface area contributed by atoms with Gasteiger partial charge in [-0.15, -0.1) is 0 Å². The number of hydrogen-bond donors (Lipinski definition) is 1. The number of rotatable bonds is 4. The van der Waals surface area contributed by atoms with Crippen LogP contribution in [-0.4, -0.2) is 26.1 Å². The van der Waals surface area contributed by atoms with Crippen molar-refractivity contribution < 1.29 is 9.90 Å². The lowest BCUT2D eigenvalue weighted by Crippen LogP contribution is -2.04. The Balaban J connectivity index is 2.19. The van der Waals surface area contributed by atoms with E-state index in [9.17, 15) is 4.79 Å². The number of carbonyl (C=O) groups is 1. The first-order valence-electron chi connectivity index (χ1n) is 3.27. The molecule has 5 heteroatoms. The molecule has 1 N–H and O–H groups in total. The van der Waals surface area contributed by atoms with Gasteiger partial charge in [0, 0.05) is 6.42 Å². The molecule has 0 saturated heterocycles. The van der Waals surface area contributed by atoms with Gasteiger partial charge in [0.2, 0.25) is 0 Å². The van der Waals surface area contributed by atoms with E-state index in [2.05, 4.69) is 16.4 Å². The van der Waals surface area contributed by atoms with E-state index in [4.69, 9.17) is 5.11 Å². The lowest BCUT2D eigenvalue weighted by Gasteiger charge is -1.95. The van der Waals surface area contributed by atoms with Crippen LogP contribution in [0.1, 0.15) is 12.8 Å². The van der Waals surface area contributed by atoms with Gasteiger partial charge in [-0.2, -0.15) is 15.0 Å². The summed E-state index contributed by atoms with van der Waals surface area (Å²) in [7, 11) is 0. The van der Waals surface area contributed by atoms with Crippen molar-refractivity contribution in [1.82, 2.24) is 15.0 Å². The zero-order valence-electron chi connectivity index (χ0n) is 5.90. The van der Waals surface area contributed by atoms with Gasteiger partial charge in [0.15, 0.2) is 0 Å². The van der Waals surface area contributed by atoms with Gasteiger partial charge in [-0.05, 0) is 6.42 Å². The zero-order chi connectivity index (χ0) is 8.10. The summed E-state index contributed by atoms with van der Waals surface area (Å²) in [6.45, 7) is 0.538. The smallest absolute Gasteiger partial charge is 0.303 e. The Morgan fingerprint density at radius 1 is 1.73 bits per heavy atom. The summed E-state index contributed by atoms with van der Waals surface area (Å²) in [4.78, 5) is 11.5. The van der Waals surface area contributed by atoms with Crippen LogP contribution in [0.15, 0.2) is 6.20 Å². The molecule has 59 valence electrons. The van der Waals surface area contributed by atoms with E-state index in [1.54, 1.807) is 0 Å². The summed E-state index contributed by atoms with van der Waals surface area (Å²) in [6.07, 6.45) is 4.68. The van der Waals surface area contributed by atoms with Gasteiger partial charge in [0.25, 0.3) is 0 Å². The van der Waals surface area contributed by atoms with E-state index < -0.39 is 5.97 Å². The Morgan fingerprint density at radius 2 is 2.55 bits per heavy atom. The molecular weight excluding hydrogens is 146 g/mol. The van der Waals surface area contributed by atoms with Crippen molar-refractivity contribution in [2.75, 3.05) is 0 Å². The summed E-state index contributed by atoms with van der Waals surface area (Å²) in [6, 6.07) is 0. The van der Waals surface area contributed by atoms with Crippen LogP contribution in [0.25, 0.3) is 0 Å². The first kappa shape index (κ1) is 7.71. The maximum Gasteiger partial charge on any atom is 0.303 e. The summed E-state index contributed by atoms with van der Waals surface area (Å²) in [5.74, 6) is -0.791. The van der Waals surface area contributed by atoms with Crippen LogP contribution >= 0.6 is 0 Å². The van der Waals surface area contributed by atoms with Crippen LogP contribution in [-0.2, 0) is 11.3 Å². The van der Waals surface area contributed by atoms with E-state index in [-0.39, 0.29) is 6.42 Å². The molecule has 5 nitrogen and oxygen atoms in total. The fourth-order valence-electron chi connectivity index (χ4n) is 0.690. The summed E-state index contributed by atoms with van der Waals surface area (Å²) in [5, 5.41) is 15.8. The number of aryl methyl sites for hydroxylation is 1. The van der Waals surface area contributed by atoms with Crippen molar-refractivity contribution in [1.29, 1.82) is 0 Å². The fraction of sp³-hybridized carbons (Fsp3) is 0.500. The number of hydrogen-bond acceptors (Lipinski definition) is 3. The third-order valence-electron chi connectivity index (χ3n) is 1.17. The van der Waals surface area contributed by atoms with E-state index in [0.29, 0.717) is 13.0 Å². The lowest BCUT2D eigenvalue weighted by atomic mass is 10.3. The molecule has 0 aliphatic carbocycles. The summed E-state index contributed by atoms with van der Waals surface area (Å²) >= 11 is 0. The molecular formula is C6H8N3O2. The van der Waals surface area contributed by atoms with Gasteiger partial charge >= 0.3 is 5.97 Å². The van der Waals surface area contributed by atoms with Gasteiger partial charge in [0.05, 0.1) is 12.7 Å². The quantitative estimate of drug-likeness (QED) is 0.659. The highest BCUT2D eigenvalue weighted by Crippen LogP contribution is 1.90. The summed E-state index contributed by atoms with van der Waals surface area (Å²) in [5.41, 5.74) is 0. The minimum Gasteiger partial charge on any atom is -0.481 e. The number of carboxylic acids is 1. The second-order valence-corrected chi connectivity index (χ2v) is 2.07. The Hall–Kier alpha value is -1.39. The Labute approximate surface area is 63.6 Å². The Bertz CT molecular complexity index is 220. The van der Waals surface area contributed by atoms with Gasteiger partial charge in [-0.3, -0.25) is 4.79 Å².